The Morgan fingerprint density at radius 2 is 0.817 bits per heavy atom. The first-order valence-electron chi connectivity index (χ1n) is 33.4. The molecule has 8 aliphatic heterocycles. The Morgan fingerprint density at radius 1 is 0.433 bits per heavy atom. The van der Waals surface area contributed by atoms with E-state index in [4.69, 9.17) is 75.8 Å². The van der Waals surface area contributed by atoms with Gasteiger partial charge in [0.2, 0.25) is 17.7 Å². The van der Waals surface area contributed by atoms with Gasteiger partial charge in [0.25, 0.3) is 6.47 Å². The van der Waals surface area contributed by atoms with Crippen molar-refractivity contribution in [1.82, 2.24) is 16.0 Å². The van der Waals surface area contributed by atoms with E-state index in [1.165, 1.54) is 13.8 Å². The van der Waals surface area contributed by atoms with Crippen LogP contribution in [-0.2, 0) is 95.0 Å². The van der Waals surface area contributed by atoms with E-state index in [1.807, 2.05) is 0 Å². The highest BCUT2D eigenvalue weighted by molar-refractivity contribution is 5.74. The van der Waals surface area contributed by atoms with Crippen LogP contribution in [0.1, 0.15) is 41.0 Å². The molecule has 0 aromatic rings. The number of aliphatic hydroxyl groups is 22. The van der Waals surface area contributed by atoms with Crippen LogP contribution in [-0.4, -0.2) is 434 Å². The first-order valence-corrected chi connectivity index (χ1v) is 33.4. The van der Waals surface area contributed by atoms with Gasteiger partial charge in [-0.15, -0.1) is 0 Å². The molecule has 0 spiro atoms. The highest BCUT2D eigenvalue weighted by Gasteiger charge is 2.61. The van der Waals surface area contributed by atoms with Crippen LogP contribution in [0.25, 0.3) is 0 Å². The molecular weight excluding hydrogens is 1420 g/mol. The lowest BCUT2D eigenvalue weighted by atomic mass is 9.87. The van der Waals surface area contributed by atoms with Gasteiger partial charge in [-0.2, -0.15) is 0 Å². The number of carbonyl (C=O) groups is 4. The van der Waals surface area contributed by atoms with E-state index in [0.29, 0.717) is 0 Å². The molecule has 41 atom stereocenters. The molecule has 8 rings (SSSR count). The summed E-state index contributed by atoms with van der Waals surface area (Å²) in [6.45, 7) is -2.68. The third kappa shape index (κ3) is 18.9. The number of hydrogen-bond donors (Lipinski definition) is 25. The summed E-state index contributed by atoms with van der Waals surface area (Å²) in [5.41, 5.74) is 0. The third-order valence-corrected chi connectivity index (χ3v) is 19.3. The van der Waals surface area contributed by atoms with Crippen LogP contribution in [0.5, 0.6) is 0 Å². The van der Waals surface area contributed by atoms with Gasteiger partial charge in [-0.3, -0.25) is 19.2 Å². The Balaban J connectivity index is 1.06. The average molecular weight is 1520 g/mol. The summed E-state index contributed by atoms with van der Waals surface area (Å²) < 4.78 is 94.0. The van der Waals surface area contributed by atoms with Crippen molar-refractivity contribution in [3.05, 3.63) is 0 Å². The normalized spacial score (nSPS) is 47.9. The molecule has 0 saturated carbocycles. The van der Waals surface area contributed by atoms with Crippen LogP contribution in [0, 0.1) is 5.92 Å². The fourth-order valence-electron chi connectivity index (χ4n) is 13.7. The number of rotatable bonds is 29. The van der Waals surface area contributed by atoms with Crippen LogP contribution in [0.4, 0.5) is 0 Å². The number of aliphatic hydroxyl groups excluding tert-OH is 22. The van der Waals surface area contributed by atoms with E-state index in [1.54, 1.807) is 0 Å². The highest BCUT2D eigenvalue weighted by atomic mass is 16.9. The molecule has 0 radical (unpaired) electrons. The molecule has 602 valence electrons. The molecule has 0 aromatic carbocycles. The number of ether oxygens (including phenoxy) is 16. The summed E-state index contributed by atoms with van der Waals surface area (Å²) in [6.07, 6.45) is -72.0. The Morgan fingerprint density at radius 3 is 1.30 bits per heavy atom. The summed E-state index contributed by atoms with van der Waals surface area (Å²) >= 11 is 0. The lowest BCUT2D eigenvalue weighted by molar-refractivity contribution is -0.448. The van der Waals surface area contributed by atoms with Crippen LogP contribution in [0.15, 0.2) is 0 Å². The molecule has 25 N–H and O–H groups in total. The van der Waals surface area contributed by atoms with Gasteiger partial charge < -0.3 is 204 Å². The van der Waals surface area contributed by atoms with E-state index in [-0.39, 0.29) is 6.47 Å². The van der Waals surface area contributed by atoms with Gasteiger partial charge in [-0.05, 0) is 6.92 Å². The van der Waals surface area contributed by atoms with Crippen molar-refractivity contribution in [3.8, 4) is 0 Å². The van der Waals surface area contributed by atoms with E-state index < -0.39 is 328 Å². The molecule has 8 aliphatic rings. The lowest BCUT2D eigenvalue weighted by Crippen LogP contribution is -2.70. The summed E-state index contributed by atoms with van der Waals surface area (Å²) in [6, 6.07) is -4.89. The van der Waals surface area contributed by atoms with Crippen molar-refractivity contribution in [3.63, 3.8) is 0 Å². The van der Waals surface area contributed by atoms with Crippen molar-refractivity contribution >= 4 is 24.2 Å². The first-order chi connectivity index (χ1) is 49.2. The summed E-state index contributed by atoms with van der Waals surface area (Å²) in [5, 5.41) is 251. The molecule has 8 fully saturated rings. The first kappa shape index (κ1) is 86.0. The largest absolute Gasteiger partial charge is 0.410 e. The Kier molecular flexibility index (Phi) is 30.9. The molecule has 0 bridgehead atoms. The molecule has 45 heteroatoms. The van der Waals surface area contributed by atoms with Gasteiger partial charge in [0.15, 0.2) is 37.7 Å². The third-order valence-electron chi connectivity index (χ3n) is 19.3. The molecular formula is C59H99N3O42. The maximum Gasteiger partial charge on any atom is 0.332 e. The minimum Gasteiger partial charge on any atom is -0.410 e. The van der Waals surface area contributed by atoms with Crippen LogP contribution < -0.4 is 16.0 Å². The molecule has 45 nitrogen and oxygen atoms in total. The minimum atomic E-state index is -2.83. The van der Waals surface area contributed by atoms with Crippen LogP contribution >= 0.6 is 0 Å². The van der Waals surface area contributed by atoms with Crippen molar-refractivity contribution in [2.45, 2.75) is 286 Å². The molecule has 15 unspecified atom stereocenters. The molecule has 104 heavy (non-hydrogen) atoms. The standard InChI is InChI=1S/C59H99N3O42/c1-16-21(74)6-59(90-15-70,103-46(16)33(76)22(75)7-63)104-51-36(79)25(10-66)93-57(45(51)88)100-49-28(13-69)96-54(32(40(49)83)62-20(5)73)102-52-42(85)35(78)24(9-65)94-58(52)89-14-29-37(80)50(101-55-43(86)41(84)34(77)23(8-64)92-55)44(87)56(97-29)99-48-27(12-68)95-53(31(39(48)82)61-19(4)72)98-47-26(11-67)91-17(2)30(38(47)81)60-18(3)71/h15-17,21-58,63-69,74-88H,6-14H2,1-5H3,(H,60,71)(H,61,72)(H,62,73)/t16-,17+,21+,22+,23-,24?,25?,26?,27?,28-,29?,30?,31?,32?,33-,34+,35+,36+,37+,38-,39-,40?,41?,42+,43?,44?,45?,46?,47+,48+,49-,50+,51+,52?,53+,54-,55+,56+,57+,58-,59+/m1/s1. The maximum absolute atomic E-state index is 13.0. The predicted octanol–water partition coefficient (Wildman–Crippen LogP) is -16.4. The zero-order valence-corrected chi connectivity index (χ0v) is 56.5. The van der Waals surface area contributed by atoms with Gasteiger partial charge in [0, 0.05) is 26.7 Å². The van der Waals surface area contributed by atoms with Crippen molar-refractivity contribution in [1.29, 1.82) is 0 Å². The number of amides is 3. The molecule has 8 heterocycles. The minimum absolute atomic E-state index is 0.231. The van der Waals surface area contributed by atoms with Gasteiger partial charge in [0.05, 0.1) is 83.6 Å². The van der Waals surface area contributed by atoms with Gasteiger partial charge in [-0.25, -0.2) is 0 Å². The molecule has 8 saturated heterocycles. The number of carbonyl (C=O) groups excluding carboxylic acids is 4. The lowest BCUT2D eigenvalue weighted by Gasteiger charge is -2.51. The number of hydrogen-bond acceptors (Lipinski definition) is 42. The van der Waals surface area contributed by atoms with Crippen molar-refractivity contribution in [2.75, 3.05) is 52.9 Å². The second kappa shape index (κ2) is 37.4. The predicted molar refractivity (Wildman–Crippen MR) is 323 cm³/mol. The van der Waals surface area contributed by atoms with Gasteiger partial charge in [0.1, 0.15) is 177 Å². The Labute approximate surface area is 590 Å². The average Bonchev–Trinajstić information content (AvgIpc) is 0.762. The van der Waals surface area contributed by atoms with Crippen molar-refractivity contribution in [2.24, 2.45) is 5.92 Å². The zero-order chi connectivity index (χ0) is 76.8. The SMILES string of the molecule is CC(=O)NC1C(O)[C@H](O[C@@H]2OC(CO)[C@H](O)[C@H](O[C@]3(OC=O)C[C@H](O)[C@@H](C)C([C@H](O)[C@@H](O)CO)O3)C2O)[C@@H](CO)O[C@@H]1OC1[C@H](OCC2O[C@@H](O[C@H]3C(CO)O[C@@H](O[C@H]4C(CO)O[C@@H](C)C(NC(C)=O)[C@H]4O)C(NC(C)=O)[C@H]3O)C(O)[C@@H](O[C@@H]3O[C@H](CO)[C@H](O)C(O)C3O)[C@H]2O)OC(CO)[C@H](O)[C@@H]1O. The number of nitrogens with one attached hydrogen (secondary N) is 3. The summed E-state index contributed by atoms with van der Waals surface area (Å²) in [7, 11) is 0. The quantitative estimate of drug-likeness (QED) is 0.0244. The summed E-state index contributed by atoms with van der Waals surface area (Å²) in [4.78, 5) is 49.9. The fourth-order valence-corrected chi connectivity index (χ4v) is 13.7. The van der Waals surface area contributed by atoms with Gasteiger partial charge in [-0.1, -0.05) is 6.92 Å². The zero-order valence-electron chi connectivity index (χ0n) is 56.5. The Hall–Kier alpha value is -3.60. The van der Waals surface area contributed by atoms with Crippen LogP contribution in [0.3, 0.4) is 0 Å². The smallest absolute Gasteiger partial charge is 0.332 e. The van der Waals surface area contributed by atoms with Gasteiger partial charge >= 0.3 is 5.97 Å². The van der Waals surface area contributed by atoms with Crippen molar-refractivity contribution < 1.29 is 207 Å². The van der Waals surface area contributed by atoms with Crippen LogP contribution in [0.2, 0.25) is 0 Å². The van der Waals surface area contributed by atoms with E-state index in [9.17, 15) is 132 Å². The second-order valence-electron chi connectivity index (χ2n) is 26.6. The molecule has 0 aromatic heterocycles. The van der Waals surface area contributed by atoms with E-state index in [2.05, 4.69) is 16.0 Å². The molecule has 0 aliphatic carbocycles. The monoisotopic (exact) mass is 1520 g/mol. The second-order valence-corrected chi connectivity index (χ2v) is 26.6. The Bertz CT molecular complexity index is 2710. The van der Waals surface area contributed by atoms with E-state index >= 15 is 0 Å². The summed E-state index contributed by atoms with van der Waals surface area (Å²) in [5.74, 6) is -6.32. The maximum atomic E-state index is 13.0. The highest BCUT2D eigenvalue weighted by Crippen LogP contribution is 2.42. The fraction of sp³-hybridized carbons (Fsp3) is 0.932. The molecule has 3 amide bonds. The topological polar surface area (TPSA) is 697 Å². The van der Waals surface area contributed by atoms with E-state index in [0.717, 1.165) is 20.8 Å².